The molecular weight excluding hydrogens is 934 g/mol. The van der Waals surface area contributed by atoms with E-state index in [0.717, 1.165) is 0 Å². The number of hydrogen-bond donors (Lipinski definition) is 5. The Kier molecular flexibility index (Phi) is 11.8. The van der Waals surface area contributed by atoms with Gasteiger partial charge in [0.2, 0.25) is 0 Å². The molecule has 1 heterocycles. The molecule has 9 nitrogen and oxygen atoms in total. The number of hydrogen-bond acceptors (Lipinski definition) is 9. The van der Waals surface area contributed by atoms with Gasteiger partial charge >= 0.3 is 5.97 Å². The zero-order valence-electron chi connectivity index (χ0n) is 23.1. The molecule has 1 saturated carbocycles. The molecule has 0 aromatic heterocycles. The van der Waals surface area contributed by atoms with Crippen LogP contribution < -0.4 is 0 Å². The van der Waals surface area contributed by atoms with Gasteiger partial charge in [-0.15, -0.1) is 0 Å². The first-order valence-corrected chi connectivity index (χ1v) is 12.7. The van der Waals surface area contributed by atoms with Crippen LogP contribution in [0.25, 0.3) is 0 Å². The van der Waals surface area contributed by atoms with Gasteiger partial charge in [0.25, 0.3) is 0 Å². The number of carbonyl (C=O) groups is 2. The topological polar surface area (TPSA) is 154 Å². The van der Waals surface area contributed by atoms with E-state index >= 15 is 0 Å². The van der Waals surface area contributed by atoms with Crippen molar-refractivity contribution in [1.82, 2.24) is 0 Å². The van der Waals surface area contributed by atoms with Gasteiger partial charge in [-0.25, -0.2) is 4.79 Å². The zero-order valence-corrected chi connectivity index (χ0v) is 32.6. The van der Waals surface area contributed by atoms with E-state index in [1.165, 1.54) is 26.0 Å². The third-order valence-electron chi connectivity index (χ3n) is 9.05. The smallest absolute Gasteiger partial charge is 0.338 e. The Morgan fingerprint density at radius 2 is 1.67 bits per heavy atom. The van der Waals surface area contributed by atoms with Gasteiger partial charge < -0.3 is 35.0 Å². The number of benzene rings is 1. The molecule has 0 amide bonds. The van der Waals surface area contributed by atoms with Crippen LogP contribution in [0.3, 0.4) is 0 Å². The van der Waals surface area contributed by atoms with Crippen LogP contribution in [-0.2, 0) is 14.3 Å². The number of aliphatic hydroxyl groups excluding tert-OH is 3. The normalized spacial score (nSPS) is 38.4. The molecule has 1 aromatic carbocycles. The van der Waals surface area contributed by atoms with Gasteiger partial charge in [0.1, 0.15) is 23.4 Å². The second kappa shape index (κ2) is 12.8. The summed E-state index contributed by atoms with van der Waals surface area (Å²) in [6, 6.07) is 8.10. The van der Waals surface area contributed by atoms with Gasteiger partial charge in [-0.1, -0.05) is 38.1 Å². The molecule has 4 rings (SSSR count). The van der Waals surface area contributed by atoms with Gasteiger partial charge in [0.15, 0.2) is 5.78 Å². The number of carbonyl (C=O) groups excluding carboxylic acids is 2. The molecule has 2 radical (unpaired) electrons. The Morgan fingerprint density at radius 3 is 2.18 bits per heavy atom. The molecule has 210 valence electrons. The summed E-state index contributed by atoms with van der Waals surface area (Å²) in [5.41, 5.74) is -5.84. The first kappa shape index (κ1) is 35.9. The van der Waals surface area contributed by atoms with Crippen molar-refractivity contribution in [1.29, 1.82) is 0 Å². The minimum Gasteiger partial charge on any atom is -0.455 e. The molecule has 1 saturated heterocycles. The second-order valence-corrected chi connectivity index (χ2v) is 11.8. The summed E-state index contributed by atoms with van der Waals surface area (Å²) < 4.78 is 11.6. The summed E-state index contributed by atoms with van der Waals surface area (Å²) in [6.07, 6.45) is -5.04. The van der Waals surface area contributed by atoms with Crippen molar-refractivity contribution in [3.8, 4) is 0 Å². The van der Waals surface area contributed by atoms with E-state index in [1.54, 1.807) is 45.0 Å². The van der Waals surface area contributed by atoms with Crippen LogP contribution in [0.4, 0.5) is 0 Å². The number of ether oxygens (including phenoxy) is 2. The number of fused-ring (bicyclic) bond motifs is 1. The Hall–Kier alpha value is 0.743. The van der Waals surface area contributed by atoms with Crippen LogP contribution in [0.5, 0.6) is 0 Å². The SMILES string of the molecule is CC1=CC(C)(C)[C@](O)([C@@H](OC(=O)c2ccccc2)[C@@H]2[C@]3(O)CO[C@@H]3C[C@H](O)[C@@]2(C)C(=O)[C@@H](C)O)C[C@@H]1O.[Ac].[Ac]. The van der Waals surface area contributed by atoms with Crippen LogP contribution >= 0.6 is 0 Å². The maximum absolute atomic E-state index is 13.5. The van der Waals surface area contributed by atoms with Crippen LogP contribution in [0, 0.1) is 105 Å². The van der Waals surface area contributed by atoms with Crippen molar-refractivity contribution >= 4 is 11.8 Å². The van der Waals surface area contributed by atoms with Crippen LogP contribution in [0.2, 0.25) is 0 Å². The maximum atomic E-state index is 13.5. The summed E-state index contributed by atoms with van der Waals surface area (Å²) in [7, 11) is 0. The molecule has 1 aliphatic heterocycles. The van der Waals surface area contributed by atoms with Crippen LogP contribution in [0.15, 0.2) is 42.0 Å². The average molecular weight is 973 g/mol. The van der Waals surface area contributed by atoms with Gasteiger partial charge in [0, 0.05) is 112 Å². The number of rotatable bonds is 6. The van der Waals surface area contributed by atoms with Gasteiger partial charge in [-0.3, -0.25) is 4.79 Å². The number of esters is 1. The van der Waals surface area contributed by atoms with Crippen LogP contribution in [0.1, 0.15) is 57.8 Å². The molecule has 5 N–H and O–H groups in total. The van der Waals surface area contributed by atoms with Gasteiger partial charge in [-0.05, 0) is 38.5 Å². The molecule has 2 fully saturated rings. The summed E-state index contributed by atoms with van der Waals surface area (Å²) in [5, 5.41) is 56.7. The zero-order chi connectivity index (χ0) is 27.6. The summed E-state index contributed by atoms with van der Waals surface area (Å²) in [5.74, 6) is -2.93. The van der Waals surface area contributed by atoms with Crippen molar-refractivity contribution < 1.29 is 133 Å². The predicted molar refractivity (Wildman–Crippen MR) is 132 cm³/mol. The van der Waals surface area contributed by atoms with E-state index in [2.05, 4.69) is 0 Å². The molecule has 39 heavy (non-hydrogen) atoms. The molecule has 3 aliphatic rings. The second-order valence-electron chi connectivity index (χ2n) is 11.8. The van der Waals surface area contributed by atoms with E-state index in [0.29, 0.717) is 5.57 Å². The first-order valence-electron chi connectivity index (χ1n) is 12.7. The van der Waals surface area contributed by atoms with Crippen molar-refractivity contribution in [2.24, 2.45) is 16.7 Å². The van der Waals surface area contributed by atoms with E-state index in [1.807, 2.05) is 0 Å². The predicted octanol–water partition coefficient (Wildman–Crippen LogP) is 1.15. The minimum absolute atomic E-state index is 0. The molecular formula is C28H38Ac2O9. The standard InChI is InChI=1S/C28H38O9.2Ac/c1-15-12-25(3,4)28(35,13-18(15)30)23(37-24(33)17-9-7-6-8-10-17)21-26(5,22(32)16(2)29)19(31)11-20-27(21,34)14-36-20;;/h6-10,12,16,18-21,23,29-31,34-35H,11,13-14H2,1-5H3;;/t16-,18+,19+,20-,21+,23+,26-,27+,28-;;/m1../s1. The molecule has 11 heteroatoms. The number of Topliss-reactive ketones (excluding diaryl/α,β-unsaturated/α-hetero) is 1. The number of ketones is 1. The Labute approximate surface area is 300 Å². The quantitative estimate of drug-likeness (QED) is 0.209. The average Bonchev–Trinajstić information content (AvgIpc) is 2.83. The van der Waals surface area contributed by atoms with E-state index in [-0.39, 0.29) is 113 Å². The third-order valence-corrected chi connectivity index (χ3v) is 9.05. The monoisotopic (exact) mass is 972 g/mol. The molecule has 9 atom stereocenters. The van der Waals surface area contributed by atoms with Crippen molar-refractivity contribution in [2.45, 2.75) is 89.2 Å². The Morgan fingerprint density at radius 1 is 1.08 bits per heavy atom. The van der Waals surface area contributed by atoms with Gasteiger partial charge in [0.05, 0.1) is 35.9 Å². The van der Waals surface area contributed by atoms with Crippen LogP contribution in [-0.4, -0.2) is 85.6 Å². The van der Waals surface area contributed by atoms with Crippen molar-refractivity contribution in [2.75, 3.05) is 6.61 Å². The number of aliphatic hydroxyl groups is 5. The van der Waals surface area contributed by atoms with Crippen molar-refractivity contribution in [3.63, 3.8) is 0 Å². The summed E-state index contributed by atoms with van der Waals surface area (Å²) in [4.78, 5) is 27.0. The fourth-order valence-electron chi connectivity index (χ4n) is 6.64. The molecule has 1 aromatic rings. The van der Waals surface area contributed by atoms with Crippen molar-refractivity contribution in [3.05, 3.63) is 47.5 Å². The molecule has 0 bridgehead atoms. The third kappa shape index (κ3) is 5.95. The Balaban J connectivity index is 0.00000267. The maximum Gasteiger partial charge on any atom is 0.338 e. The fourth-order valence-corrected chi connectivity index (χ4v) is 6.64. The summed E-state index contributed by atoms with van der Waals surface area (Å²) >= 11 is 0. The van der Waals surface area contributed by atoms with E-state index < -0.39 is 70.2 Å². The largest absolute Gasteiger partial charge is 0.455 e. The molecule has 0 spiro atoms. The Bertz CT molecular complexity index is 1090. The van der Waals surface area contributed by atoms with Gasteiger partial charge in [-0.2, -0.15) is 0 Å². The van der Waals surface area contributed by atoms with E-state index in [4.69, 9.17) is 9.47 Å². The van der Waals surface area contributed by atoms with E-state index in [9.17, 15) is 35.1 Å². The minimum atomic E-state index is -1.98. The molecule has 2 aliphatic carbocycles. The summed E-state index contributed by atoms with van der Waals surface area (Å²) in [6.45, 7) is 7.64. The first-order chi connectivity index (χ1) is 17.1. The fraction of sp³-hybridized carbons (Fsp3) is 0.643. The molecule has 0 unspecified atom stereocenters.